The number of hydrogen-bond acceptors (Lipinski definition) is 5. The van der Waals surface area contributed by atoms with Crippen LogP contribution in [0.4, 0.5) is 0 Å². The summed E-state index contributed by atoms with van der Waals surface area (Å²) in [5.41, 5.74) is 0.586. The Morgan fingerprint density at radius 1 is 1.39 bits per heavy atom. The molecule has 2 N–H and O–H groups in total. The van der Waals surface area contributed by atoms with E-state index in [1.54, 1.807) is 25.1 Å². The van der Waals surface area contributed by atoms with Crippen LogP contribution in [0.1, 0.15) is 18.8 Å². The zero-order valence-corrected chi connectivity index (χ0v) is 9.87. The molecule has 0 aliphatic rings. The van der Waals surface area contributed by atoms with Crippen LogP contribution in [-0.4, -0.2) is 28.9 Å². The molecule has 1 heterocycles. The number of benzene rings is 1. The van der Waals surface area contributed by atoms with Crippen molar-refractivity contribution in [3.63, 3.8) is 0 Å². The van der Waals surface area contributed by atoms with Gasteiger partial charge in [-0.25, -0.2) is 4.79 Å². The smallest absolute Gasteiger partial charge is 0.338 e. The molecule has 2 atom stereocenters. The van der Waals surface area contributed by atoms with Crippen molar-refractivity contribution in [3.8, 4) is 0 Å². The molecule has 18 heavy (non-hydrogen) atoms. The van der Waals surface area contributed by atoms with E-state index in [0.29, 0.717) is 5.58 Å². The highest BCUT2D eigenvalue weighted by Gasteiger charge is 2.29. The van der Waals surface area contributed by atoms with E-state index in [9.17, 15) is 15.0 Å². The number of esters is 1. The van der Waals surface area contributed by atoms with Gasteiger partial charge >= 0.3 is 5.97 Å². The molecule has 0 aliphatic heterocycles. The molecule has 5 nitrogen and oxygen atoms in total. The number of carbonyl (C=O) groups excluding carboxylic acids is 1. The first-order valence-electron chi connectivity index (χ1n) is 5.64. The number of carbonyl (C=O) groups is 1. The van der Waals surface area contributed by atoms with Crippen LogP contribution in [0.15, 0.2) is 34.7 Å². The first kappa shape index (κ1) is 12.6. The van der Waals surface area contributed by atoms with Crippen molar-refractivity contribution < 1.29 is 24.2 Å². The summed E-state index contributed by atoms with van der Waals surface area (Å²) >= 11 is 0. The number of furan rings is 1. The molecule has 0 amide bonds. The quantitative estimate of drug-likeness (QED) is 0.801. The molecule has 0 saturated heterocycles. The molecular weight excluding hydrogens is 236 g/mol. The van der Waals surface area contributed by atoms with E-state index in [1.165, 1.54) is 0 Å². The minimum atomic E-state index is -1.65. The predicted molar refractivity (Wildman–Crippen MR) is 63.8 cm³/mol. The lowest BCUT2D eigenvalue weighted by Gasteiger charge is -2.13. The molecule has 2 rings (SSSR count). The van der Waals surface area contributed by atoms with Gasteiger partial charge in [-0.05, 0) is 19.1 Å². The number of rotatable bonds is 4. The van der Waals surface area contributed by atoms with Crippen molar-refractivity contribution in [1.29, 1.82) is 0 Å². The standard InChI is InChI=1S/C13H14O5/c1-2-17-13(16)12(15)11(14)10-7-8-5-3-4-6-9(8)18-10/h3-7,11-12,14-15H,2H2,1H3. The summed E-state index contributed by atoms with van der Waals surface area (Å²) in [6.07, 6.45) is -3.08. The molecular formula is C13H14O5. The number of ether oxygens (including phenoxy) is 1. The van der Waals surface area contributed by atoms with E-state index in [-0.39, 0.29) is 12.4 Å². The molecule has 2 aromatic rings. The van der Waals surface area contributed by atoms with Gasteiger partial charge in [0.1, 0.15) is 17.4 Å². The van der Waals surface area contributed by atoms with E-state index in [2.05, 4.69) is 4.74 Å². The number of fused-ring (bicyclic) bond motifs is 1. The van der Waals surface area contributed by atoms with Crippen molar-refractivity contribution in [1.82, 2.24) is 0 Å². The molecule has 1 aromatic carbocycles. The van der Waals surface area contributed by atoms with Crippen molar-refractivity contribution >= 4 is 16.9 Å². The largest absolute Gasteiger partial charge is 0.464 e. The maximum absolute atomic E-state index is 11.3. The number of hydrogen-bond donors (Lipinski definition) is 2. The Hall–Kier alpha value is -1.85. The highest BCUT2D eigenvalue weighted by atomic mass is 16.5. The van der Waals surface area contributed by atoms with Crippen LogP contribution in [0.5, 0.6) is 0 Å². The number of para-hydroxylation sites is 1. The molecule has 2 unspecified atom stereocenters. The number of aliphatic hydroxyl groups is 2. The summed E-state index contributed by atoms with van der Waals surface area (Å²) in [7, 11) is 0. The molecule has 0 aliphatic carbocycles. The second-order valence-corrected chi connectivity index (χ2v) is 3.83. The van der Waals surface area contributed by atoms with Crippen LogP contribution >= 0.6 is 0 Å². The third-order valence-corrected chi connectivity index (χ3v) is 2.56. The first-order chi connectivity index (χ1) is 8.63. The zero-order chi connectivity index (χ0) is 13.1. The van der Waals surface area contributed by atoms with Crippen molar-refractivity contribution in [2.75, 3.05) is 6.61 Å². The van der Waals surface area contributed by atoms with Gasteiger partial charge in [-0.2, -0.15) is 0 Å². The second kappa shape index (κ2) is 5.20. The second-order valence-electron chi connectivity index (χ2n) is 3.83. The van der Waals surface area contributed by atoms with Crippen molar-refractivity contribution in [2.24, 2.45) is 0 Å². The normalized spacial score (nSPS) is 14.4. The van der Waals surface area contributed by atoms with Gasteiger partial charge in [0.25, 0.3) is 0 Å². The molecule has 1 aromatic heterocycles. The van der Waals surface area contributed by atoms with Gasteiger partial charge in [-0.1, -0.05) is 18.2 Å². The summed E-state index contributed by atoms with van der Waals surface area (Å²) in [5, 5.41) is 20.2. The van der Waals surface area contributed by atoms with E-state index in [0.717, 1.165) is 5.39 Å². The average molecular weight is 250 g/mol. The highest BCUT2D eigenvalue weighted by Crippen LogP contribution is 2.25. The molecule has 0 spiro atoms. The third-order valence-electron chi connectivity index (χ3n) is 2.56. The molecule has 0 fully saturated rings. The van der Waals surface area contributed by atoms with Crippen LogP contribution in [-0.2, 0) is 9.53 Å². The van der Waals surface area contributed by atoms with Gasteiger partial charge in [0, 0.05) is 5.39 Å². The van der Waals surface area contributed by atoms with Crippen molar-refractivity contribution in [3.05, 3.63) is 36.1 Å². The maximum Gasteiger partial charge on any atom is 0.338 e. The van der Waals surface area contributed by atoms with Crippen LogP contribution < -0.4 is 0 Å². The Morgan fingerprint density at radius 3 is 2.78 bits per heavy atom. The van der Waals surface area contributed by atoms with Crippen LogP contribution in [0.3, 0.4) is 0 Å². The lowest BCUT2D eigenvalue weighted by Crippen LogP contribution is -2.29. The Bertz CT molecular complexity index is 512. The third kappa shape index (κ3) is 2.37. The zero-order valence-electron chi connectivity index (χ0n) is 9.87. The number of aliphatic hydroxyl groups excluding tert-OH is 2. The van der Waals surface area contributed by atoms with Crippen LogP contribution in [0.2, 0.25) is 0 Å². The topological polar surface area (TPSA) is 79.9 Å². The monoisotopic (exact) mass is 250 g/mol. The van der Waals surface area contributed by atoms with Gasteiger partial charge in [-0.3, -0.25) is 0 Å². The Morgan fingerprint density at radius 2 is 2.11 bits per heavy atom. The van der Waals surface area contributed by atoms with E-state index in [1.807, 2.05) is 12.1 Å². The van der Waals surface area contributed by atoms with E-state index in [4.69, 9.17) is 4.42 Å². The molecule has 0 saturated carbocycles. The fourth-order valence-electron chi connectivity index (χ4n) is 1.66. The Labute approximate surface area is 104 Å². The summed E-state index contributed by atoms with van der Waals surface area (Å²) in [6, 6.07) is 8.76. The Kier molecular flexibility index (Phi) is 3.64. The minimum Gasteiger partial charge on any atom is -0.464 e. The van der Waals surface area contributed by atoms with E-state index >= 15 is 0 Å². The van der Waals surface area contributed by atoms with Gasteiger partial charge < -0.3 is 19.4 Å². The first-order valence-corrected chi connectivity index (χ1v) is 5.64. The summed E-state index contributed by atoms with van der Waals surface area (Å²) in [5.74, 6) is -0.734. The highest BCUT2D eigenvalue weighted by molar-refractivity contribution is 5.79. The van der Waals surface area contributed by atoms with Gasteiger partial charge in [-0.15, -0.1) is 0 Å². The predicted octanol–water partition coefficient (Wildman–Crippen LogP) is 1.39. The molecule has 0 radical (unpaired) electrons. The van der Waals surface area contributed by atoms with Gasteiger partial charge in [0.15, 0.2) is 6.10 Å². The van der Waals surface area contributed by atoms with Crippen LogP contribution in [0.25, 0.3) is 11.0 Å². The molecule has 5 heteroatoms. The fourth-order valence-corrected chi connectivity index (χ4v) is 1.66. The summed E-state index contributed by atoms with van der Waals surface area (Å²) in [4.78, 5) is 11.3. The summed E-state index contributed by atoms with van der Waals surface area (Å²) < 4.78 is 9.99. The Balaban J connectivity index is 2.22. The van der Waals surface area contributed by atoms with Gasteiger partial charge in [0.05, 0.1) is 6.61 Å². The molecule has 96 valence electrons. The lowest BCUT2D eigenvalue weighted by atomic mass is 10.1. The molecule has 0 bridgehead atoms. The fraction of sp³-hybridized carbons (Fsp3) is 0.308. The van der Waals surface area contributed by atoms with Gasteiger partial charge in [0.2, 0.25) is 0 Å². The lowest BCUT2D eigenvalue weighted by molar-refractivity contribution is -0.160. The van der Waals surface area contributed by atoms with Crippen LogP contribution in [0, 0.1) is 0 Å². The average Bonchev–Trinajstić information content (AvgIpc) is 2.81. The van der Waals surface area contributed by atoms with E-state index < -0.39 is 18.2 Å². The maximum atomic E-state index is 11.3. The summed E-state index contributed by atoms with van der Waals surface area (Å²) in [6.45, 7) is 1.76. The SMILES string of the molecule is CCOC(=O)C(O)C(O)c1cc2ccccc2o1. The minimum absolute atomic E-state index is 0.136. The van der Waals surface area contributed by atoms with Crippen molar-refractivity contribution in [2.45, 2.75) is 19.1 Å².